The summed E-state index contributed by atoms with van der Waals surface area (Å²) in [6.07, 6.45) is 8.27. The van der Waals surface area contributed by atoms with Crippen molar-refractivity contribution in [2.24, 2.45) is 7.05 Å². The lowest BCUT2D eigenvalue weighted by Crippen LogP contribution is -2.22. The van der Waals surface area contributed by atoms with Gasteiger partial charge < -0.3 is 15.0 Å². The normalized spacial score (nSPS) is 10.8. The van der Waals surface area contributed by atoms with Crippen molar-refractivity contribution in [2.75, 3.05) is 10.6 Å². The first kappa shape index (κ1) is 20.1. The lowest BCUT2D eigenvalue weighted by atomic mass is 10.2. The number of fused-ring (bicyclic) bond motifs is 1. The number of imidazole rings is 1. The minimum atomic E-state index is -0.450. The van der Waals surface area contributed by atoms with Crippen molar-refractivity contribution in [1.82, 2.24) is 24.1 Å². The van der Waals surface area contributed by atoms with Crippen LogP contribution in [0.4, 0.5) is 11.4 Å². The Bertz CT molecular complexity index is 1460. The molecule has 162 valence electrons. The number of hydrogen-bond acceptors (Lipinski definition) is 5. The number of aryl methyl sites for hydroxylation is 1. The monoisotopic (exact) mass is 437 g/mol. The standard InChI is InChI=1S/C24H19N7O2/c1-30-22(19(14-26-30)23(32)27-17-7-10-25-11-8-17)24(33)28-18-9-12-31-15-20(29-21(31)13-18)16-5-3-2-4-6-16/h2-15H,1H3,(H,28,33)(H,25,27,32). The zero-order chi connectivity index (χ0) is 22.8. The smallest absolute Gasteiger partial charge is 0.274 e. The van der Waals surface area contributed by atoms with Crippen LogP contribution in [0.25, 0.3) is 16.9 Å². The number of pyridine rings is 2. The van der Waals surface area contributed by atoms with E-state index in [0.29, 0.717) is 17.0 Å². The van der Waals surface area contributed by atoms with E-state index in [1.54, 1.807) is 43.7 Å². The summed E-state index contributed by atoms with van der Waals surface area (Å²) in [4.78, 5) is 34.4. The van der Waals surface area contributed by atoms with E-state index < -0.39 is 11.8 Å². The Morgan fingerprint density at radius 3 is 2.45 bits per heavy atom. The van der Waals surface area contributed by atoms with Gasteiger partial charge in [-0.25, -0.2) is 4.98 Å². The summed E-state index contributed by atoms with van der Waals surface area (Å²) in [5.41, 5.74) is 3.97. The van der Waals surface area contributed by atoms with Crippen molar-refractivity contribution < 1.29 is 9.59 Å². The van der Waals surface area contributed by atoms with Gasteiger partial charge in [-0.15, -0.1) is 0 Å². The van der Waals surface area contributed by atoms with Gasteiger partial charge in [0, 0.05) is 54.8 Å². The molecule has 1 aromatic carbocycles. The molecule has 4 heterocycles. The number of benzene rings is 1. The molecule has 2 amide bonds. The number of aromatic nitrogens is 5. The van der Waals surface area contributed by atoms with Gasteiger partial charge in [0.15, 0.2) is 0 Å². The van der Waals surface area contributed by atoms with E-state index in [2.05, 4.69) is 25.7 Å². The highest BCUT2D eigenvalue weighted by atomic mass is 16.2. The van der Waals surface area contributed by atoms with Gasteiger partial charge in [0.25, 0.3) is 11.8 Å². The van der Waals surface area contributed by atoms with E-state index in [1.807, 2.05) is 47.1 Å². The van der Waals surface area contributed by atoms with Gasteiger partial charge in [0.05, 0.1) is 17.5 Å². The van der Waals surface area contributed by atoms with E-state index in [4.69, 9.17) is 0 Å². The fourth-order valence-corrected chi connectivity index (χ4v) is 3.50. The van der Waals surface area contributed by atoms with E-state index in [1.165, 1.54) is 10.9 Å². The van der Waals surface area contributed by atoms with Crippen LogP contribution < -0.4 is 10.6 Å². The summed E-state index contributed by atoms with van der Waals surface area (Å²) < 4.78 is 3.26. The van der Waals surface area contributed by atoms with Gasteiger partial charge in [-0.05, 0) is 18.2 Å². The van der Waals surface area contributed by atoms with Crippen LogP contribution in [0.2, 0.25) is 0 Å². The summed E-state index contributed by atoms with van der Waals surface area (Å²) in [6, 6.07) is 16.7. The largest absolute Gasteiger partial charge is 0.322 e. The molecule has 0 aliphatic heterocycles. The third kappa shape index (κ3) is 4.07. The highest BCUT2D eigenvalue weighted by Gasteiger charge is 2.22. The molecule has 0 spiro atoms. The molecule has 9 nitrogen and oxygen atoms in total. The average molecular weight is 437 g/mol. The Kier molecular flexibility index (Phi) is 5.12. The minimum absolute atomic E-state index is 0.148. The molecule has 0 bridgehead atoms. The summed E-state index contributed by atoms with van der Waals surface area (Å²) >= 11 is 0. The molecule has 0 unspecified atom stereocenters. The van der Waals surface area contributed by atoms with Crippen molar-refractivity contribution in [3.63, 3.8) is 0 Å². The molecule has 0 saturated heterocycles. The van der Waals surface area contributed by atoms with Crippen molar-refractivity contribution in [1.29, 1.82) is 0 Å². The Balaban J connectivity index is 1.38. The van der Waals surface area contributed by atoms with Crippen molar-refractivity contribution >= 4 is 28.8 Å². The summed E-state index contributed by atoms with van der Waals surface area (Å²) in [5.74, 6) is -0.885. The quantitative estimate of drug-likeness (QED) is 0.437. The highest BCUT2D eigenvalue weighted by Crippen LogP contribution is 2.21. The predicted molar refractivity (Wildman–Crippen MR) is 124 cm³/mol. The number of nitrogens with zero attached hydrogens (tertiary/aromatic N) is 5. The first-order chi connectivity index (χ1) is 16.1. The van der Waals surface area contributed by atoms with Gasteiger partial charge >= 0.3 is 0 Å². The molecule has 0 aliphatic carbocycles. The molecule has 0 fully saturated rings. The van der Waals surface area contributed by atoms with Crippen LogP contribution >= 0.6 is 0 Å². The molecule has 4 aromatic heterocycles. The molecular weight excluding hydrogens is 418 g/mol. The predicted octanol–water partition coefficient (Wildman–Crippen LogP) is 3.63. The molecular formula is C24H19N7O2. The SMILES string of the molecule is Cn1ncc(C(=O)Nc2ccncc2)c1C(=O)Nc1ccn2cc(-c3ccccc3)nc2c1. The maximum Gasteiger partial charge on any atom is 0.274 e. The number of amides is 2. The van der Waals surface area contributed by atoms with Crippen LogP contribution in [0.5, 0.6) is 0 Å². The molecule has 9 heteroatoms. The second-order valence-corrected chi connectivity index (χ2v) is 7.35. The molecule has 2 N–H and O–H groups in total. The third-order valence-electron chi connectivity index (χ3n) is 5.12. The molecule has 0 atom stereocenters. The van der Waals surface area contributed by atoms with E-state index in [9.17, 15) is 9.59 Å². The van der Waals surface area contributed by atoms with Crippen molar-refractivity contribution in [2.45, 2.75) is 0 Å². The number of carbonyl (C=O) groups excluding carboxylic acids is 2. The fraction of sp³-hybridized carbons (Fsp3) is 0.0417. The molecule has 0 aliphatic rings. The van der Waals surface area contributed by atoms with Gasteiger partial charge in [-0.3, -0.25) is 19.3 Å². The zero-order valence-corrected chi connectivity index (χ0v) is 17.6. The molecule has 33 heavy (non-hydrogen) atoms. The van der Waals surface area contributed by atoms with Gasteiger partial charge in [0.1, 0.15) is 11.3 Å². The first-order valence-corrected chi connectivity index (χ1v) is 10.2. The van der Waals surface area contributed by atoms with Gasteiger partial charge in [0.2, 0.25) is 0 Å². The number of carbonyl (C=O) groups is 2. The second-order valence-electron chi connectivity index (χ2n) is 7.35. The third-order valence-corrected chi connectivity index (χ3v) is 5.12. The maximum absolute atomic E-state index is 13.0. The molecule has 5 rings (SSSR count). The Labute approximate surface area is 188 Å². The second kappa shape index (κ2) is 8.39. The van der Waals surface area contributed by atoms with Crippen molar-refractivity contribution in [3.8, 4) is 11.3 Å². The van der Waals surface area contributed by atoms with Crippen LogP contribution in [0.15, 0.2) is 85.6 Å². The van der Waals surface area contributed by atoms with Crippen LogP contribution in [0, 0.1) is 0 Å². The number of rotatable bonds is 5. The molecule has 0 saturated carbocycles. The summed E-state index contributed by atoms with van der Waals surface area (Å²) in [7, 11) is 1.61. The average Bonchev–Trinajstić information content (AvgIpc) is 3.43. The zero-order valence-electron chi connectivity index (χ0n) is 17.6. The van der Waals surface area contributed by atoms with Crippen molar-refractivity contribution in [3.05, 3.63) is 96.8 Å². The lowest BCUT2D eigenvalue weighted by molar-refractivity contribution is 0.0985. The summed E-state index contributed by atoms with van der Waals surface area (Å²) in [6.45, 7) is 0. The molecule has 0 radical (unpaired) electrons. The van der Waals surface area contributed by atoms with E-state index in [0.717, 1.165) is 11.3 Å². The lowest BCUT2D eigenvalue weighted by Gasteiger charge is -2.09. The van der Waals surface area contributed by atoms with E-state index in [-0.39, 0.29) is 11.3 Å². The van der Waals surface area contributed by atoms with E-state index >= 15 is 0 Å². The van der Waals surface area contributed by atoms with Gasteiger partial charge in [-0.2, -0.15) is 5.10 Å². The van der Waals surface area contributed by atoms with Gasteiger partial charge in [-0.1, -0.05) is 30.3 Å². The van der Waals surface area contributed by atoms with Crippen LogP contribution in [0.3, 0.4) is 0 Å². The molecule has 5 aromatic rings. The van der Waals surface area contributed by atoms with Crippen LogP contribution in [-0.4, -0.2) is 36.0 Å². The Morgan fingerprint density at radius 2 is 1.67 bits per heavy atom. The fourth-order valence-electron chi connectivity index (χ4n) is 3.50. The van der Waals surface area contributed by atoms with Crippen LogP contribution in [0.1, 0.15) is 20.8 Å². The highest BCUT2D eigenvalue weighted by molar-refractivity contribution is 6.14. The Hall–Kier alpha value is -4.79. The number of anilines is 2. The topological polar surface area (TPSA) is 106 Å². The van der Waals surface area contributed by atoms with Crippen LogP contribution in [-0.2, 0) is 7.05 Å². The number of hydrogen-bond donors (Lipinski definition) is 2. The number of nitrogens with one attached hydrogen (secondary N) is 2. The first-order valence-electron chi connectivity index (χ1n) is 10.2. The minimum Gasteiger partial charge on any atom is -0.322 e. The Morgan fingerprint density at radius 1 is 0.909 bits per heavy atom. The summed E-state index contributed by atoms with van der Waals surface area (Å²) in [5, 5.41) is 9.68. The maximum atomic E-state index is 13.0.